The molecule has 2 saturated heterocycles. The predicted octanol–water partition coefficient (Wildman–Crippen LogP) is 2.13. The molecule has 2 bridgehead atoms. The lowest BCUT2D eigenvalue weighted by Crippen LogP contribution is -2.53. The maximum atomic E-state index is 11.3. The molecule has 2 aliphatic heterocycles. The van der Waals surface area contributed by atoms with Crippen molar-refractivity contribution in [2.75, 3.05) is 13.6 Å². The minimum absolute atomic E-state index is 0.0812. The average molecular weight is 380 g/mol. The van der Waals surface area contributed by atoms with Crippen LogP contribution in [0.15, 0.2) is 36.4 Å². The van der Waals surface area contributed by atoms with E-state index in [-0.39, 0.29) is 17.8 Å². The van der Waals surface area contributed by atoms with Crippen molar-refractivity contribution in [3.63, 3.8) is 0 Å². The van der Waals surface area contributed by atoms with Crippen LogP contribution in [0.25, 0.3) is 17.3 Å². The van der Waals surface area contributed by atoms with Crippen molar-refractivity contribution in [2.45, 2.75) is 31.4 Å². The fraction of sp³-hybridized carbons (Fsp3) is 0.381. The number of carbonyl (C=O) groups excluding carboxylic acids is 1. The quantitative estimate of drug-likeness (QED) is 0.688. The molecule has 28 heavy (non-hydrogen) atoms. The lowest BCUT2D eigenvalue weighted by atomic mass is 9.79. The van der Waals surface area contributed by atoms with Gasteiger partial charge in [-0.3, -0.25) is 4.79 Å². The Hall–Kier alpha value is -2.93. The lowest BCUT2D eigenvalue weighted by Gasteiger charge is -2.42. The number of hydrogen-bond donors (Lipinski definition) is 3. The Labute approximate surface area is 163 Å². The van der Waals surface area contributed by atoms with Crippen LogP contribution >= 0.6 is 0 Å². The number of nitrogens with zero attached hydrogens (tertiary/aromatic N) is 2. The monoisotopic (exact) mass is 380 g/mol. The number of aromatic nitrogens is 2. The summed E-state index contributed by atoms with van der Waals surface area (Å²) in [5.41, 5.74) is 1.87. The van der Waals surface area contributed by atoms with E-state index < -0.39 is 0 Å². The number of hydrogen-bond acceptors (Lipinski definition) is 6. The highest BCUT2D eigenvalue weighted by atomic mass is 16.5. The zero-order valence-electron chi connectivity index (χ0n) is 15.8. The van der Waals surface area contributed by atoms with Gasteiger partial charge in [0.25, 0.3) is 0 Å². The Bertz CT molecular complexity index is 874. The van der Waals surface area contributed by atoms with Crippen molar-refractivity contribution in [3.05, 3.63) is 42.0 Å². The van der Waals surface area contributed by atoms with Gasteiger partial charge < -0.3 is 20.5 Å². The number of aromatic hydroxyl groups is 1. The number of fused-ring (bicyclic) bond motifs is 3. The number of phenols is 1. The molecular weight excluding hydrogens is 356 g/mol. The first-order valence-electron chi connectivity index (χ1n) is 9.59. The second-order valence-corrected chi connectivity index (χ2v) is 7.32. The number of likely N-dealkylation sites (N-methyl/N-ethyl adjacent to an activating group) is 1. The molecule has 3 fully saturated rings. The van der Waals surface area contributed by atoms with E-state index in [1.807, 2.05) is 6.07 Å². The highest BCUT2D eigenvalue weighted by Crippen LogP contribution is 2.33. The molecule has 7 nitrogen and oxygen atoms in total. The SMILES string of the molecule is CNC(=O)/C=C/c1ccc(-c2ccc(O[C@H]3CC4CCC3CN4)nn2)c(O)c1. The van der Waals surface area contributed by atoms with Gasteiger partial charge >= 0.3 is 0 Å². The summed E-state index contributed by atoms with van der Waals surface area (Å²) in [6.07, 6.45) is 6.68. The molecular formula is C21H24N4O3. The van der Waals surface area contributed by atoms with Crippen LogP contribution in [0.5, 0.6) is 11.6 Å². The van der Waals surface area contributed by atoms with Crippen LogP contribution in [0.3, 0.4) is 0 Å². The molecule has 3 N–H and O–H groups in total. The van der Waals surface area contributed by atoms with E-state index in [1.165, 1.54) is 18.9 Å². The summed E-state index contributed by atoms with van der Waals surface area (Å²) in [7, 11) is 1.56. The molecule has 2 unspecified atom stereocenters. The zero-order valence-corrected chi connectivity index (χ0v) is 15.8. The minimum Gasteiger partial charge on any atom is -0.507 e. The molecule has 0 spiro atoms. The van der Waals surface area contributed by atoms with Crippen molar-refractivity contribution in [1.82, 2.24) is 20.8 Å². The van der Waals surface area contributed by atoms with Gasteiger partial charge in [0.15, 0.2) is 0 Å². The van der Waals surface area contributed by atoms with Crippen molar-refractivity contribution in [2.24, 2.45) is 5.92 Å². The zero-order chi connectivity index (χ0) is 19.5. The normalized spacial score (nSPS) is 23.7. The number of rotatable bonds is 5. The number of nitrogens with one attached hydrogen (secondary N) is 2. The third-order valence-electron chi connectivity index (χ3n) is 5.48. The largest absolute Gasteiger partial charge is 0.507 e. The van der Waals surface area contributed by atoms with Crippen LogP contribution in [0.1, 0.15) is 24.8 Å². The van der Waals surface area contributed by atoms with Crippen LogP contribution in [-0.2, 0) is 4.79 Å². The van der Waals surface area contributed by atoms with Crippen LogP contribution in [0.4, 0.5) is 0 Å². The fourth-order valence-electron chi connectivity index (χ4n) is 3.88. The Morgan fingerprint density at radius 3 is 2.79 bits per heavy atom. The van der Waals surface area contributed by atoms with E-state index in [2.05, 4.69) is 20.8 Å². The molecule has 1 aliphatic carbocycles. The second-order valence-electron chi connectivity index (χ2n) is 7.32. The Morgan fingerprint density at radius 1 is 1.29 bits per heavy atom. The Balaban J connectivity index is 1.45. The molecule has 1 aromatic carbocycles. The van der Waals surface area contributed by atoms with Crippen molar-refractivity contribution in [3.8, 4) is 22.9 Å². The standard InChI is InChI=1S/C21H24N4O3/c1-22-20(27)8-3-13-2-6-16(18(26)10-13)17-7-9-21(25-24-17)28-19-11-15-5-4-14(19)12-23-15/h2-3,6-10,14-15,19,23,26H,4-5,11-12H2,1H3,(H,22,27)/b8-3+/t14?,15?,19-/m0/s1. The number of benzene rings is 1. The molecule has 5 rings (SSSR count). The van der Waals surface area contributed by atoms with E-state index in [0.717, 1.165) is 18.5 Å². The van der Waals surface area contributed by atoms with Crippen LogP contribution in [0.2, 0.25) is 0 Å². The van der Waals surface area contributed by atoms with Gasteiger partial charge in [-0.25, -0.2) is 0 Å². The summed E-state index contributed by atoms with van der Waals surface area (Å²) in [6.45, 7) is 1.01. The van der Waals surface area contributed by atoms with Crippen LogP contribution in [0, 0.1) is 5.92 Å². The van der Waals surface area contributed by atoms with Gasteiger partial charge in [-0.15, -0.1) is 10.2 Å². The summed E-state index contributed by atoms with van der Waals surface area (Å²) >= 11 is 0. The smallest absolute Gasteiger partial charge is 0.243 e. The lowest BCUT2D eigenvalue weighted by molar-refractivity contribution is -0.115. The average Bonchev–Trinajstić information content (AvgIpc) is 2.74. The van der Waals surface area contributed by atoms with Crippen molar-refractivity contribution in [1.29, 1.82) is 0 Å². The molecule has 3 atom stereocenters. The van der Waals surface area contributed by atoms with Crippen molar-refractivity contribution < 1.29 is 14.6 Å². The molecule has 1 saturated carbocycles. The molecule has 1 amide bonds. The number of amides is 1. The molecule has 146 valence electrons. The topological polar surface area (TPSA) is 96.4 Å². The van der Waals surface area contributed by atoms with Crippen molar-refractivity contribution >= 4 is 12.0 Å². The van der Waals surface area contributed by atoms with E-state index in [0.29, 0.717) is 29.1 Å². The molecule has 2 aromatic rings. The maximum absolute atomic E-state index is 11.3. The first-order chi connectivity index (χ1) is 13.6. The third-order valence-corrected chi connectivity index (χ3v) is 5.48. The first-order valence-corrected chi connectivity index (χ1v) is 9.59. The summed E-state index contributed by atoms with van der Waals surface area (Å²) in [4.78, 5) is 11.3. The van der Waals surface area contributed by atoms with E-state index in [4.69, 9.17) is 4.74 Å². The van der Waals surface area contributed by atoms with Gasteiger partial charge in [0, 0.05) is 43.3 Å². The third kappa shape index (κ3) is 3.99. The summed E-state index contributed by atoms with van der Waals surface area (Å²) < 4.78 is 6.07. The molecule has 7 heteroatoms. The summed E-state index contributed by atoms with van der Waals surface area (Å²) in [6, 6.07) is 9.32. The minimum atomic E-state index is -0.202. The number of ether oxygens (including phenoxy) is 1. The van der Waals surface area contributed by atoms with Crippen LogP contribution in [-0.4, -0.2) is 46.9 Å². The number of piperidine rings is 2. The van der Waals surface area contributed by atoms with Gasteiger partial charge in [0.2, 0.25) is 11.8 Å². The van der Waals surface area contributed by atoms with Crippen LogP contribution < -0.4 is 15.4 Å². The number of carbonyl (C=O) groups is 1. The Kier molecular flexibility index (Phi) is 5.25. The van der Waals surface area contributed by atoms with E-state index in [9.17, 15) is 9.90 Å². The van der Waals surface area contributed by atoms with Gasteiger partial charge in [0.05, 0.1) is 5.69 Å². The van der Waals surface area contributed by atoms with Gasteiger partial charge in [-0.2, -0.15) is 0 Å². The Morgan fingerprint density at radius 2 is 2.18 bits per heavy atom. The predicted molar refractivity (Wildman–Crippen MR) is 106 cm³/mol. The molecule has 0 radical (unpaired) electrons. The van der Waals surface area contributed by atoms with Gasteiger partial charge in [-0.1, -0.05) is 6.07 Å². The molecule has 3 aliphatic rings. The first kappa shape index (κ1) is 18.4. The maximum Gasteiger partial charge on any atom is 0.243 e. The molecule has 3 heterocycles. The van der Waals surface area contributed by atoms with Gasteiger partial charge in [0.1, 0.15) is 11.9 Å². The summed E-state index contributed by atoms with van der Waals surface area (Å²) in [5, 5.41) is 24.8. The van der Waals surface area contributed by atoms with E-state index in [1.54, 1.807) is 37.4 Å². The second kappa shape index (κ2) is 7.98. The summed E-state index contributed by atoms with van der Waals surface area (Å²) in [5.74, 6) is 0.932. The number of phenolic OH excluding ortho intramolecular Hbond substituents is 1. The highest BCUT2D eigenvalue weighted by molar-refractivity contribution is 5.91. The highest BCUT2D eigenvalue weighted by Gasteiger charge is 2.36. The van der Waals surface area contributed by atoms with E-state index >= 15 is 0 Å². The fourth-order valence-corrected chi connectivity index (χ4v) is 3.88. The van der Waals surface area contributed by atoms with Gasteiger partial charge in [-0.05, 0) is 49.1 Å². The molecule has 1 aromatic heterocycles.